The van der Waals surface area contributed by atoms with Gasteiger partial charge in [-0.25, -0.2) is 0 Å². The Morgan fingerprint density at radius 1 is 1.45 bits per heavy atom. The lowest BCUT2D eigenvalue weighted by Crippen LogP contribution is -2.38. The fraction of sp³-hybridized carbons (Fsp3) is 0.769. The molecule has 0 amide bonds. The van der Waals surface area contributed by atoms with Gasteiger partial charge in [0, 0.05) is 21.2 Å². The minimum Gasteiger partial charge on any atom is -0.405 e. The molecule has 0 saturated carbocycles. The molecule has 0 unspecified atom stereocenters. The monoisotopic (exact) mass is 415 g/mol. The minimum atomic E-state index is -0.553. The number of rotatable bonds is 6. The molecule has 0 aliphatic carbocycles. The van der Waals surface area contributed by atoms with Gasteiger partial charge in [0.15, 0.2) is 7.28 Å². The first-order valence-corrected chi connectivity index (χ1v) is 9.84. The van der Waals surface area contributed by atoms with E-state index < -0.39 is 11.6 Å². The maximum atomic E-state index is 12.6. The summed E-state index contributed by atoms with van der Waals surface area (Å²) in [7, 11) is 2.60. The largest absolute Gasteiger partial charge is 0.405 e. The summed E-state index contributed by atoms with van der Waals surface area (Å²) in [6, 6.07) is 0. The summed E-state index contributed by atoms with van der Waals surface area (Å²) in [6.07, 6.45) is 3.40. The van der Waals surface area contributed by atoms with Gasteiger partial charge in [0.25, 0.3) is 0 Å². The lowest BCUT2D eigenvalue weighted by atomic mass is 9.73. The average molecular weight is 415 g/mol. The van der Waals surface area contributed by atoms with Crippen LogP contribution in [0.5, 0.6) is 0 Å². The van der Waals surface area contributed by atoms with Gasteiger partial charge in [-0.3, -0.25) is 0 Å². The molecule has 0 fully saturated rings. The summed E-state index contributed by atoms with van der Waals surface area (Å²) >= 11 is 1.88. The zero-order chi connectivity index (χ0) is 16.4. The molecule has 7 heteroatoms. The highest BCUT2D eigenvalue weighted by Crippen LogP contribution is 2.34. The molecule has 0 spiro atoms. The normalized spacial score (nSPS) is 13.7. The lowest BCUT2D eigenvalue weighted by molar-refractivity contribution is -0.0396. The molecular formula is C13H26BFIN2OS. The molecule has 0 atom stereocenters. The average Bonchev–Trinajstić information content (AvgIpc) is 2.30. The first kappa shape index (κ1) is 22.5. The van der Waals surface area contributed by atoms with Gasteiger partial charge in [-0.1, -0.05) is 34.0 Å². The molecule has 0 aromatic heterocycles. The summed E-state index contributed by atoms with van der Waals surface area (Å²) < 4.78 is 16.1. The Kier molecular flexibility index (Phi) is 12.3. The van der Waals surface area contributed by atoms with Crippen molar-refractivity contribution in [3.05, 3.63) is 11.7 Å². The Morgan fingerprint density at radius 3 is 2.15 bits per heavy atom. The van der Waals surface area contributed by atoms with Gasteiger partial charge in [0.2, 0.25) is 5.97 Å². The Labute approximate surface area is 140 Å². The molecule has 0 rings (SSSR count). The summed E-state index contributed by atoms with van der Waals surface area (Å²) in [5, 5.41) is 9.68. The van der Waals surface area contributed by atoms with Gasteiger partial charge in [-0.2, -0.15) is 8.79 Å². The van der Waals surface area contributed by atoms with E-state index in [4.69, 9.17) is 5.73 Å². The van der Waals surface area contributed by atoms with E-state index in [1.165, 1.54) is 6.20 Å². The molecule has 20 heavy (non-hydrogen) atoms. The third-order valence-electron chi connectivity index (χ3n) is 3.37. The van der Waals surface area contributed by atoms with E-state index in [0.29, 0.717) is 5.47 Å². The first-order valence-electron chi connectivity index (χ1n) is 6.52. The fourth-order valence-corrected chi connectivity index (χ4v) is 1.98. The number of nitrogens with two attached hydrogens (primary N) is 1. The van der Waals surface area contributed by atoms with E-state index >= 15 is 0 Å². The van der Waals surface area contributed by atoms with E-state index in [1.807, 2.05) is 35.1 Å². The van der Waals surface area contributed by atoms with Crippen molar-refractivity contribution >= 4 is 43.6 Å². The smallest absolute Gasteiger partial charge is 0.215 e. The van der Waals surface area contributed by atoms with Gasteiger partial charge in [-0.05, 0) is 37.4 Å². The number of hydrogen-bond donors (Lipinski definition) is 2. The summed E-state index contributed by atoms with van der Waals surface area (Å²) in [5.74, 6) is -0.538. The Morgan fingerprint density at radius 2 is 1.95 bits per heavy atom. The van der Waals surface area contributed by atoms with Crippen LogP contribution in [0.4, 0.5) is 4.39 Å². The van der Waals surface area contributed by atoms with Crippen LogP contribution in [0.3, 0.4) is 0 Å². The van der Waals surface area contributed by atoms with Gasteiger partial charge < -0.3 is 10.8 Å². The van der Waals surface area contributed by atoms with Crippen molar-refractivity contribution in [3.63, 3.8) is 0 Å². The van der Waals surface area contributed by atoms with Crippen molar-refractivity contribution in [2.45, 2.75) is 59.9 Å². The van der Waals surface area contributed by atoms with Crippen molar-refractivity contribution in [1.29, 1.82) is 0 Å². The molecule has 117 valence electrons. The summed E-state index contributed by atoms with van der Waals surface area (Å²) in [5.41, 5.74) is 4.90. The molecule has 0 aliphatic rings. The molecular weight excluding hydrogens is 389 g/mol. The number of nitrogens with zero attached hydrogens (tertiary/aromatic N) is 1. The number of allylic oxidation sites excluding steroid dienone is 1. The van der Waals surface area contributed by atoms with Crippen LogP contribution in [0.25, 0.3) is 0 Å². The van der Waals surface area contributed by atoms with Crippen LogP contribution in [-0.2, 0) is 0 Å². The number of halogens is 2. The lowest BCUT2D eigenvalue weighted by Gasteiger charge is -2.37. The van der Waals surface area contributed by atoms with Crippen LogP contribution in [0.1, 0.15) is 47.5 Å². The van der Waals surface area contributed by atoms with E-state index in [2.05, 4.69) is 25.2 Å². The zero-order valence-corrected chi connectivity index (χ0v) is 16.2. The second-order valence-electron chi connectivity index (χ2n) is 5.55. The first-order chi connectivity index (χ1) is 9.07. The second kappa shape index (κ2) is 10.9. The van der Waals surface area contributed by atoms with E-state index in [0.717, 1.165) is 22.0 Å². The molecule has 0 aromatic rings. The maximum absolute atomic E-state index is 12.6. The summed E-state index contributed by atoms with van der Waals surface area (Å²) in [4.78, 5) is 0. The molecule has 3 nitrogen and oxygen atoms in total. The third-order valence-corrected chi connectivity index (χ3v) is 4.19. The van der Waals surface area contributed by atoms with Crippen LogP contribution >= 0.6 is 30.3 Å². The molecule has 0 heterocycles. The summed E-state index contributed by atoms with van der Waals surface area (Å²) in [6.45, 7) is 11.8. The van der Waals surface area contributed by atoms with Crippen LogP contribution in [0.15, 0.2) is 16.1 Å². The fourth-order valence-electron chi connectivity index (χ4n) is 1.30. The topological polar surface area (TPSA) is 58.6 Å². The predicted molar refractivity (Wildman–Crippen MR) is 99.0 cm³/mol. The highest BCUT2D eigenvalue weighted by atomic mass is 127. The molecule has 0 aliphatic heterocycles. The van der Waals surface area contributed by atoms with Crippen LogP contribution in [-0.4, -0.2) is 24.0 Å². The molecule has 3 N–H and O–H groups in total. The quantitative estimate of drug-likeness (QED) is 0.291. The number of aliphatic hydroxyl groups is 1. The minimum absolute atomic E-state index is 0.0434. The van der Waals surface area contributed by atoms with Crippen molar-refractivity contribution in [2.75, 3.05) is 0 Å². The van der Waals surface area contributed by atoms with Crippen molar-refractivity contribution < 1.29 is 9.50 Å². The van der Waals surface area contributed by atoms with E-state index in [1.54, 1.807) is 14.1 Å². The van der Waals surface area contributed by atoms with Gasteiger partial charge in [0.1, 0.15) is 0 Å². The Hall–Kier alpha value is 0.245. The van der Waals surface area contributed by atoms with Crippen molar-refractivity contribution in [1.82, 2.24) is 0 Å². The second-order valence-corrected chi connectivity index (χ2v) is 7.06. The standard InChI is InChI=1S/C9H20O.C4H6BFIN2S/c1-6-7-8(2,3)9(4,5)10;1-5-3(2-8)4(6)9-10-7/h10H,6-7H2,1-5H3;2H,8H2,1H3/b;3-2+,9-4-. The van der Waals surface area contributed by atoms with Crippen molar-refractivity contribution in [3.8, 4) is 0 Å². The Balaban J connectivity index is 0. The van der Waals surface area contributed by atoms with Crippen LogP contribution < -0.4 is 5.73 Å². The molecule has 1 radical (unpaired) electrons. The van der Waals surface area contributed by atoms with Gasteiger partial charge >= 0.3 is 0 Å². The maximum Gasteiger partial charge on any atom is 0.215 e. The third kappa shape index (κ3) is 9.23. The highest BCUT2D eigenvalue weighted by Gasteiger charge is 2.33. The van der Waals surface area contributed by atoms with E-state index in [9.17, 15) is 9.50 Å². The van der Waals surface area contributed by atoms with E-state index in [-0.39, 0.29) is 5.41 Å². The van der Waals surface area contributed by atoms with Gasteiger partial charge in [0.05, 0.1) is 14.7 Å². The van der Waals surface area contributed by atoms with Gasteiger partial charge in [-0.15, -0.1) is 0 Å². The molecule has 0 bridgehead atoms. The number of hydrogen-bond acceptors (Lipinski definition) is 4. The zero-order valence-electron chi connectivity index (χ0n) is 13.2. The Bertz CT molecular complexity index is 331. The van der Waals surface area contributed by atoms with Crippen molar-refractivity contribution in [2.24, 2.45) is 15.5 Å². The molecule has 0 aromatic carbocycles. The molecule has 0 saturated heterocycles. The SMILES string of the molecule is CCCC(C)(C)C(C)(C)O.C[B]C(=C/N)/C(F)=N/SI. The van der Waals surface area contributed by atoms with Crippen LogP contribution in [0.2, 0.25) is 6.82 Å². The predicted octanol–water partition coefficient (Wildman–Crippen LogP) is 4.49. The van der Waals surface area contributed by atoms with Crippen LogP contribution in [0, 0.1) is 5.41 Å². The highest BCUT2D eigenvalue weighted by molar-refractivity contribution is 14.2.